The Balaban J connectivity index is 1.86. The second kappa shape index (κ2) is 3.35. The monoisotopic (exact) mass is 170 g/mol. The van der Waals surface area contributed by atoms with E-state index >= 15 is 0 Å². The fourth-order valence-electron chi connectivity index (χ4n) is 2.30. The van der Waals surface area contributed by atoms with Crippen molar-refractivity contribution in [2.45, 2.75) is 31.8 Å². The molecule has 0 spiro atoms. The van der Waals surface area contributed by atoms with Crippen LogP contribution < -0.4 is 0 Å². The molecule has 0 unspecified atom stereocenters. The minimum Gasteiger partial charge on any atom is -0.367 e. The number of likely N-dealkylation sites (tertiary alicyclic amines) is 1. The van der Waals surface area contributed by atoms with E-state index in [4.69, 9.17) is 4.74 Å². The molecule has 0 aromatic carbocycles. The largest absolute Gasteiger partial charge is 0.367 e. The zero-order valence-corrected chi connectivity index (χ0v) is 8.09. The van der Waals surface area contributed by atoms with Crippen LogP contribution in [-0.4, -0.2) is 43.9 Å². The number of ether oxygens (including phenoxy) is 1. The summed E-state index contributed by atoms with van der Waals surface area (Å²) in [6.07, 6.45) is 6.33. The highest BCUT2D eigenvalue weighted by Gasteiger charge is 2.34. The van der Waals surface area contributed by atoms with Gasteiger partial charge in [-0.15, -0.1) is 0 Å². The molecule has 2 aliphatic rings. The van der Waals surface area contributed by atoms with E-state index in [1.165, 1.54) is 49.8 Å². The van der Waals surface area contributed by atoms with Crippen LogP contribution in [0.25, 0.3) is 0 Å². The summed E-state index contributed by atoms with van der Waals surface area (Å²) >= 11 is 0. The summed E-state index contributed by atoms with van der Waals surface area (Å²) in [5, 5.41) is 0. The lowest BCUT2D eigenvalue weighted by atomic mass is 10.2. The van der Waals surface area contributed by atoms with E-state index < -0.39 is 0 Å². The van der Waals surface area contributed by atoms with Crippen molar-refractivity contribution in [3.63, 3.8) is 0 Å². The summed E-state index contributed by atoms with van der Waals surface area (Å²) in [6.45, 7) is 5.04. The smallest absolute Gasteiger partial charge is 0.130 e. The van der Waals surface area contributed by atoms with Gasteiger partial charge < -0.3 is 9.22 Å². The molecule has 2 heterocycles. The third-order valence-electron chi connectivity index (χ3n) is 3.19. The van der Waals surface area contributed by atoms with E-state index in [1.807, 2.05) is 0 Å². The van der Waals surface area contributed by atoms with Crippen LogP contribution in [0.15, 0.2) is 0 Å². The van der Waals surface area contributed by atoms with Gasteiger partial charge in [-0.3, -0.25) is 0 Å². The Labute approximate surface area is 75.1 Å². The van der Waals surface area contributed by atoms with E-state index in [0.717, 1.165) is 6.61 Å². The number of hydrogen-bond acceptors (Lipinski definition) is 1. The molecule has 0 aromatic rings. The summed E-state index contributed by atoms with van der Waals surface area (Å²) < 4.78 is 6.57. The lowest BCUT2D eigenvalue weighted by Gasteiger charge is -2.32. The summed E-state index contributed by atoms with van der Waals surface area (Å²) in [5.41, 5.74) is 0. The molecular weight excluding hydrogens is 150 g/mol. The first kappa shape index (κ1) is 8.52. The Morgan fingerprint density at radius 1 is 1.17 bits per heavy atom. The molecule has 70 valence electrons. The number of quaternary nitrogens is 1. The maximum Gasteiger partial charge on any atom is 0.130 e. The maximum absolute atomic E-state index is 5.30. The first-order chi connectivity index (χ1) is 5.79. The van der Waals surface area contributed by atoms with Crippen LogP contribution in [0.1, 0.15) is 25.7 Å². The van der Waals surface area contributed by atoms with Gasteiger partial charge in [0, 0.05) is 0 Å². The van der Waals surface area contributed by atoms with E-state index in [-0.39, 0.29) is 0 Å². The molecule has 0 aliphatic carbocycles. The van der Waals surface area contributed by atoms with Gasteiger partial charge >= 0.3 is 0 Å². The summed E-state index contributed by atoms with van der Waals surface area (Å²) in [5.74, 6) is 0. The molecule has 2 fully saturated rings. The molecule has 0 radical (unpaired) electrons. The number of rotatable bonds is 2. The summed E-state index contributed by atoms with van der Waals surface area (Å²) in [7, 11) is 2.40. The van der Waals surface area contributed by atoms with Crippen molar-refractivity contribution in [3.05, 3.63) is 0 Å². The molecule has 0 saturated carbocycles. The van der Waals surface area contributed by atoms with Gasteiger partial charge in [0.1, 0.15) is 12.6 Å². The van der Waals surface area contributed by atoms with Gasteiger partial charge in [0.25, 0.3) is 0 Å². The van der Waals surface area contributed by atoms with Gasteiger partial charge in [-0.05, 0) is 25.7 Å². The van der Waals surface area contributed by atoms with E-state index in [1.54, 1.807) is 0 Å². The highest BCUT2D eigenvalue weighted by molar-refractivity contribution is 4.68. The van der Waals surface area contributed by atoms with Gasteiger partial charge in [0.05, 0.1) is 26.7 Å². The fourth-order valence-corrected chi connectivity index (χ4v) is 2.30. The zero-order chi connectivity index (χ0) is 8.44. The lowest BCUT2D eigenvalue weighted by molar-refractivity contribution is -0.909. The highest BCUT2D eigenvalue weighted by Crippen LogP contribution is 2.20. The SMILES string of the molecule is C[N+]1(C[C@H]2CO2)CCCCCC1. The van der Waals surface area contributed by atoms with Gasteiger partial charge in [-0.1, -0.05) is 0 Å². The molecule has 2 heteroatoms. The van der Waals surface area contributed by atoms with Crippen LogP contribution in [0.5, 0.6) is 0 Å². The molecule has 2 rings (SSSR count). The molecule has 2 saturated heterocycles. The average Bonchev–Trinajstić information content (AvgIpc) is 2.80. The topological polar surface area (TPSA) is 12.5 Å². The Kier molecular flexibility index (Phi) is 2.37. The Bertz CT molecular complexity index is 146. The predicted octanol–water partition coefficient (Wildman–Crippen LogP) is 1.41. The fraction of sp³-hybridized carbons (Fsp3) is 1.00. The van der Waals surface area contributed by atoms with Crippen LogP contribution in [0.2, 0.25) is 0 Å². The third-order valence-corrected chi connectivity index (χ3v) is 3.19. The second-order valence-corrected chi connectivity index (χ2v) is 4.62. The van der Waals surface area contributed by atoms with Crippen molar-refractivity contribution in [1.29, 1.82) is 0 Å². The van der Waals surface area contributed by atoms with Gasteiger partial charge in [-0.2, -0.15) is 0 Å². The summed E-state index contributed by atoms with van der Waals surface area (Å²) in [6, 6.07) is 0. The molecule has 2 nitrogen and oxygen atoms in total. The number of hydrogen-bond donors (Lipinski definition) is 0. The normalized spacial score (nSPS) is 34.2. The van der Waals surface area contributed by atoms with E-state index in [0.29, 0.717) is 6.10 Å². The van der Waals surface area contributed by atoms with Crippen molar-refractivity contribution in [1.82, 2.24) is 0 Å². The minimum absolute atomic E-state index is 0.605. The lowest BCUT2D eigenvalue weighted by Crippen LogP contribution is -2.47. The molecule has 0 bridgehead atoms. The van der Waals surface area contributed by atoms with Crippen LogP contribution in [-0.2, 0) is 4.74 Å². The minimum atomic E-state index is 0.605. The molecule has 0 aromatic heterocycles. The molecular formula is C10H20NO+. The third kappa shape index (κ3) is 2.20. The molecule has 2 aliphatic heterocycles. The van der Waals surface area contributed by atoms with Crippen molar-refractivity contribution in [2.24, 2.45) is 0 Å². The molecule has 12 heavy (non-hydrogen) atoms. The first-order valence-corrected chi connectivity index (χ1v) is 5.24. The van der Waals surface area contributed by atoms with E-state index in [2.05, 4.69) is 7.05 Å². The Hall–Kier alpha value is -0.0800. The first-order valence-electron chi connectivity index (χ1n) is 5.24. The van der Waals surface area contributed by atoms with Crippen molar-refractivity contribution < 1.29 is 9.22 Å². The maximum atomic E-state index is 5.30. The van der Waals surface area contributed by atoms with Crippen LogP contribution >= 0.6 is 0 Å². The van der Waals surface area contributed by atoms with E-state index in [9.17, 15) is 0 Å². The van der Waals surface area contributed by atoms with Gasteiger partial charge in [-0.25, -0.2) is 0 Å². The molecule has 1 atom stereocenters. The molecule has 0 N–H and O–H groups in total. The Morgan fingerprint density at radius 3 is 2.25 bits per heavy atom. The highest BCUT2D eigenvalue weighted by atomic mass is 16.6. The second-order valence-electron chi connectivity index (χ2n) is 4.62. The standard InChI is InChI=1S/C10H20NO/c1-11(8-10-9-12-10)6-4-2-3-5-7-11/h10H,2-9H2,1H3/q+1/t10-/m0/s1. The van der Waals surface area contributed by atoms with Crippen LogP contribution in [0.3, 0.4) is 0 Å². The average molecular weight is 170 g/mol. The van der Waals surface area contributed by atoms with Crippen molar-refractivity contribution in [3.8, 4) is 0 Å². The van der Waals surface area contributed by atoms with Crippen molar-refractivity contribution >= 4 is 0 Å². The number of nitrogens with zero attached hydrogens (tertiary/aromatic N) is 1. The predicted molar refractivity (Wildman–Crippen MR) is 49.0 cm³/mol. The van der Waals surface area contributed by atoms with Crippen LogP contribution in [0.4, 0.5) is 0 Å². The Morgan fingerprint density at radius 2 is 1.75 bits per heavy atom. The zero-order valence-electron chi connectivity index (χ0n) is 8.09. The number of epoxide rings is 1. The number of likely N-dealkylation sites (N-methyl/N-ethyl adjacent to an activating group) is 1. The van der Waals surface area contributed by atoms with Gasteiger partial charge in [0.15, 0.2) is 0 Å². The van der Waals surface area contributed by atoms with Crippen LogP contribution in [0, 0.1) is 0 Å². The summed E-state index contributed by atoms with van der Waals surface area (Å²) in [4.78, 5) is 0. The van der Waals surface area contributed by atoms with Crippen molar-refractivity contribution in [2.75, 3.05) is 33.3 Å². The molecule has 0 amide bonds. The van der Waals surface area contributed by atoms with Gasteiger partial charge in [0.2, 0.25) is 0 Å². The quantitative estimate of drug-likeness (QED) is 0.451.